The first-order valence-corrected chi connectivity index (χ1v) is 8.88. The third-order valence-electron chi connectivity index (χ3n) is 4.24. The molecule has 3 rings (SSSR count). The third-order valence-corrected chi connectivity index (χ3v) is 4.24. The maximum absolute atomic E-state index is 12.7. The Morgan fingerprint density at radius 1 is 0.667 bits per heavy atom. The highest BCUT2D eigenvalue weighted by atomic mass is 16.5. The van der Waals surface area contributed by atoms with Crippen molar-refractivity contribution in [2.24, 2.45) is 0 Å². The third kappa shape index (κ3) is 4.67. The second-order valence-electron chi connectivity index (χ2n) is 6.08. The molecule has 6 heteroatoms. The first-order chi connectivity index (χ1) is 13.2. The quantitative estimate of drug-likeness (QED) is 0.550. The molecule has 142 valence electrons. The first kappa shape index (κ1) is 19.4. The van der Waals surface area contributed by atoms with Crippen LogP contribution in [0.25, 0.3) is 0 Å². The summed E-state index contributed by atoms with van der Waals surface area (Å²) >= 11 is 0. The normalized spacial score (nSPS) is 12.8. The maximum Gasteiger partial charge on any atom is 0.194 e. The van der Waals surface area contributed by atoms with E-state index in [1.54, 1.807) is 36.4 Å². The van der Waals surface area contributed by atoms with Crippen molar-refractivity contribution in [3.8, 4) is 0 Å². The highest BCUT2D eigenvalue weighted by Gasteiger charge is 2.29. The molecule has 0 spiro atoms. The summed E-state index contributed by atoms with van der Waals surface area (Å²) in [7, 11) is 0. The van der Waals surface area contributed by atoms with Gasteiger partial charge < -0.3 is 19.3 Å². The van der Waals surface area contributed by atoms with Gasteiger partial charge in [-0.15, -0.1) is 0 Å². The molecule has 2 aromatic rings. The summed E-state index contributed by atoms with van der Waals surface area (Å²) in [6, 6.07) is 12.1. The summed E-state index contributed by atoms with van der Waals surface area (Å²) in [5, 5.41) is 8.57. The Bertz CT molecular complexity index is 814. The average molecular weight is 370 g/mol. The molecule has 0 saturated carbocycles. The van der Waals surface area contributed by atoms with E-state index < -0.39 is 0 Å². The minimum Gasteiger partial charge on any atom is -0.394 e. The van der Waals surface area contributed by atoms with Crippen LogP contribution in [0.15, 0.2) is 42.5 Å². The number of carbonyl (C=O) groups excluding carboxylic acids is 2. The van der Waals surface area contributed by atoms with Gasteiger partial charge in [0.05, 0.1) is 46.2 Å². The largest absolute Gasteiger partial charge is 0.394 e. The zero-order valence-electron chi connectivity index (χ0n) is 15.0. The lowest BCUT2D eigenvalue weighted by Crippen LogP contribution is -2.21. The molecule has 1 aliphatic carbocycles. The molecule has 0 aromatic heterocycles. The van der Waals surface area contributed by atoms with E-state index in [1.807, 2.05) is 6.07 Å². The number of ether oxygens (including phenoxy) is 3. The van der Waals surface area contributed by atoms with Crippen LogP contribution in [0.5, 0.6) is 0 Å². The molecule has 0 amide bonds. The Hall–Kier alpha value is -2.38. The lowest BCUT2D eigenvalue weighted by molar-refractivity contribution is 0.00450. The highest BCUT2D eigenvalue weighted by Crippen LogP contribution is 2.27. The summed E-state index contributed by atoms with van der Waals surface area (Å²) in [6.45, 7) is 2.36. The van der Waals surface area contributed by atoms with E-state index in [1.165, 1.54) is 0 Å². The van der Waals surface area contributed by atoms with Crippen LogP contribution in [-0.2, 0) is 20.8 Å². The van der Waals surface area contributed by atoms with E-state index in [-0.39, 0.29) is 18.2 Å². The van der Waals surface area contributed by atoms with E-state index in [0.717, 1.165) is 5.56 Å². The van der Waals surface area contributed by atoms with Crippen molar-refractivity contribution in [3.63, 3.8) is 0 Å². The van der Waals surface area contributed by atoms with Gasteiger partial charge in [0.1, 0.15) is 0 Å². The van der Waals surface area contributed by atoms with Gasteiger partial charge in [-0.2, -0.15) is 0 Å². The Labute approximate surface area is 157 Å². The second-order valence-corrected chi connectivity index (χ2v) is 6.08. The average Bonchev–Trinajstić information content (AvgIpc) is 2.70. The number of fused-ring (bicyclic) bond motifs is 2. The predicted molar refractivity (Wildman–Crippen MR) is 98.1 cm³/mol. The molecule has 0 unspecified atom stereocenters. The van der Waals surface area contributed by atoms with E-state index in [2.05, 4.69) is 0 Å². The molecule has 1 N–H and O–H groups in total. The van der Waals surface area contributed by atoms with E-state index >= 15 is 0 Å². The van der Waals surface area contributed by atoms with Crippen LogP contribution in [0.3, 0.4) is 0 Å². The van der Waals surface area contributed by atoms with Gasteiger partial charge in [0.2, 0.25) is 0 Å². The minimum atomic E-state index is -0.131. The van der Waals surface area contributed by atoms with Gasteiger partial charge in [-0.3, -0.25) is 9.59 Å². The van der Waals surface area contributed by atoms with E-state index in [0.29, 0.717) is 61.9 Å². The summed E-state index contributed by atoms with van der Waals surface area (Å²) in [5.41, 5.74) is 2.61. The summed E-state index contributed by atoms with van der Waals surface area (Å²) < 4.78 is 16.0. The molecule has 0 heterocycles. The summed E-state index contributed by atoms with van der Waals surface area (Å²) in [5.74, 6) is -0.252. The number of hydrogen-bond acceptors (Lipinski definition) is 6. The van der Waals surface area contributed by atoms with Gasteiger partial charge in [-0.1, -0.05) is 30.3 Å². The predicted octanol–water partition coefficient (Wildman–Crippen LogP) is 2.00. The summed E-state index contributed by atoms with van der Waals surface area (Å²) in [6.07, 6.45) is 0. The molecule has 1 aliphatic rings. The number of aliphatic hydroxyl groups excluding tert-OH is 1. The fourth-order valence-electron chi connectivity index (χ4n) is 2.93. The van der Waals surface area contributed by atoms with Crippen LogP contribution in [0.1, 0.15) is 37.4 Å². The molecular weight excluding hydrogens is 348 g/mol. The SMILES string of the molecule is O=C1c2ccccc2C(=O)c2cc(COCCOCCOCCO)ccc21. The lowest BCUT2D eigenvalue weighted by atomic mass is 9.83. The lowest BCUT2D eigenvalue weighted by Gasteiger charge is -2.18. The number of rotatable bonds is 10. The fraction of sp³-hybridized carbons (Fsp3) is 0.333. The number of benzene rings is 2. The number of ketones is 2. The molecular formula is C21H22O6. The monoisotopic (exact) mass is 370 g/mol. The second kappa shape index (κ2) is 9.53. The van der Waals surface area contributed by atoms with Crippen molar-refractivity contribution < 1.29 is 28.9 Å². The van der Waals surface area contributed by atoms with Gasteiger partial charge in [0.25, 0.3) is 0 Å². The Balaban J connectivity index is 1.51. The van der Waals surface area contributed by atoms with Crippen molar-refractivity contribution in [1.82, 2.24) is 0 Å². The molecule has 0 radical (unpaired) electrons. The van der Waals surface area contributed by atoms with Crippen molar-refractivity contribution in [2.45, 2.75) is 6.61 Å². The fourth-order valence-corrected chi connectivity index (χ4v) is 2.93. The number of hydrogen-bond donors (Lipinski definition) is 1. The van der Waals surface area contributed by atoms with Crippen LogP contribution < -0.4 is 0 Å². The molecule has 0 aliphatic heterocycles. The van der Waals surface area contributed by atoms with E-state index in [9.17, 15) is 9.59 Å². The standard InChI is InChI=1S/C21H22O6/c22-7-8-25-9-10-26-11-12-27-14-15-5-6-18-19(13-15)21(24)17-4-2-1-3-16(17)20(18)23/h1-6,13,22H,7-12,14H2. The van der Waals surface area contributed by atoms with E-state index in [4.69, 9.17) is 19.3 Å². The zero-order valence-corrected chi connectivity index (χ0v) is 15.0. The smallest absolute Gasteiger partial charge is 0.194 e. The number of aliphatic hydroxyl groups is 1. The highest BCUT2D eigenvalue weighted by molar-refractivity contribution is 6.28. The van der Waals surface area contributed by atoms with Gasteiger partial charge in [-0.05, 0) is 17.7 Å². The molecule has 0 atom stereocenters. The van der Waals surface area contributed by atoms with Crippen LogP contribution in [0.4, 0.5) is 0 Å². The van der Waals surface area contributed by atoms with Crippen LogP contribution >= 0.6 is 0 Å². The molecule has 0 bridgehead atoms. The molecule has 0 fully saturated rings. The first-order valence-electron chi connectivity index (χ1n) is 8.88. The van der Waals surface area contributed by atoms with Crippen molar-refractivity contribution in [2.75, 3.05) is 39.6 Å². The zero-order chi connectivity index (χ0) is 19.1. The number of carbonyl (C=O) groups is 2. The topological polar surface area (TPSA) is 82.1 Å². The van der Waals surface area contributed by atoms with Crippen LogP contribution in [0, 0.1) is 0 Å². The summed E-state index contributed by atoms with van der Waals surface area (Å²) in [4.78, 5) is 25.3. The van der Waals surface area contributed by atoms with Gasteiger partial charge in [0.15, 0.2) is 11.6 Å². The Morgan fingerprint density at radius 2 is 1.22 bits per heavy atom. The van der Waals surface area contributed by atoms with Gasteiger partial charge >= 0.3 is 0 Å². The minimum absolute atomic E-state index is 0.00355. The van der Waals surface area contributed by atoms with Crippen molar-refractivity contribution in [3.05, 3.63) is 70.3 Å². The molecule has 27 heavy (non-hydrogen) atoms. The van der Waals surface area contributed by atoms with Gasteiger partial charge in [-0.25, -0.2) is 0 Å². The molecule has 0 saturated heterocycles. The Kier molecular flexibility index (Phi) is 6.84. The van der Waals surface area contributed by atoms with Crippen molar-refractivity contribution >= 4 is 11.6 Å². The van der Waals surface area contributed by atoms with Crippen molar-refractivity contribution in [1.29, 1.82) is 0 Å². The van der Waals surface area contributed by atoms with Crippen LogP contribution in [-0.4, -0.2) is 56.3 Å². The van der Waals surface area contributed by atoms with Crippen LogP contribution in [0.2, 0.25) is 0 Å². The Morgan fingerprint density at radius 3 is 1.89 bits per heavy atom. The maximum atomic E-state index is 12.7. The van der Waals surface area contributed by atoms with Gasteiger partial charge in [0, 0.05) is 22.3 Å². The molecule has 2 aromatic carbocycles. The molecule has 6 nitrogen and oxygen atoms in total.